The molecule has 2 aromatic carbocycles. The second-order valence-corrected chi connectivity index (χ2v) is 11.9. The molecule has 0 spiro atoms. The lowest BCUT2D eigenvalue weighted by Crippen LogP contribution is -2.58. The molecular weight excluding hydrogens is 558 g/mol. The fourth-order valence-electron chi connectivity index (χ4n) is 5.08. The molecule has 4 atom stereocenters. The summed E-state index contributed by atoms with van der Waals surface area (Å²) in [6.07, 6.45) is 3.11. The van der Waals surface area contributed by atoms with Crippen LogP contribution in [0.2, 0.25) is 5.02 Å². The molecule has 42 heavy (non-hydrogen) atoms. The standard InChI is InChI=1S/C31H40ClN5O5/c1-19(2)28-31(40)35-26(15-20-10-11-20)29(38)34-18-24(37-41)17-22-7-3-4-9-27(22)42-13-12-33-25(30(39)36-28)16-21-6-5-8-23(32)14-21/h3-9,14,19-20,24-26,28,33H,10-13,15-18H2,1-2H3,(H,34,38)(H,35,40)(H,36,39)/t24-,25-,26+,28-/m1/s1. The Kier molecular flexibility index (Phi) is 11.3. The summed E-state index contributed by atoms with van der Waals surface area (Å²) < 4.78 is 6.03. The third kappa shape index (κ3) is 9.25. The maximum atomic E-state index is 13.6. The van der Waals surface area contributed by atoms with E-state index in [-0.39, 0.29) is 37.3 Å². The Balaban J connectivity index is 1.60. The van der Waals surface area contributed by atoms with Crippen LogP contribution >= 0.6 is 11.6 Å². The molecule has 226 valence electrons. The third-order valence-corrected chi connectivity index (χ3v) is 7.87. The Morgan fingerprint density at radius 2 is 1.76 bits per heavy atom. The Bertz CT molecular complexity index is 1250. The first-order chi connectivity index (χ1) is 20.2. The van der Waals surface area contributed by atoms with E-state index in [0.29, 0.717) is 36.1 Å². The molecular formula is C31H40ClN5O5. The maximum Gasteiger partial charge on any atom is 0.243 e. The number of carbonyl (C=O) groups is 3. The van der Waals surface area contributed by atoms with E-state index < -0.39 is 30.1 Å². The Labute approximate surface area is 251 Å². The summed E-state index contributed by atoms with van der Waals surface area (Å²) in [5.74, 6) is -0.419. The SMILES string of the molecule is CC(C)[C@H]1NC(=O)[C@@H](Cc2cccc(Cl)c2)NCCOc2ccccc2C[C@@H](N=O)CNC(=O)[C@H](CC2CC2)NC1=O. The summed E-state index contributed by atoms with van der Waals surface area (Å²) >= 11 is 6.20. The minimum Gasteiger partial charge on any atom is -0.492 e. The zero-order valence-electron chi connectivity index (χ0n) is 24.1. The minimum absolute atomic E-state index is 0.0325. The molecule has 0 bridgehead atoms. The number of hydrogen-bond acceptors (Lipinski definition) is 7. The molecule has 4 N–H and O–H groups in total. The highest BCUT2D eigenvalue weighted by atomic mass is 35.5. The molecule has 1 fully saturated rings. The zero-order chi connectivity index (χ0) is 30.1. The first-order valence-electron chi connectivity index (χ1n) is 14.6. The van der Waals surface area contributed by atoms with Crippen molar-refractivity contribution in [3.63, 3.8) is 0 Å². The van der Waals surface area contributed by atoms with Crippen molar-refractivity contribution in [3.8, 4) is 5.75 Å². The monoisotopic (exact) mass is 597 g/mol. The lowest BCUT2D eigenvalue weighted by molar-refractivity contribution is -0.133. The molecule has 0 aromatic heterocycles. The van der Waals surface area contributed by atoms with Gasteiger partial charge in [0.25, 0.3) is 0 Å². The van der Waals surface area contributed by atoms with Gasteiger partial charge in [0.15, 0.2) is 0 Å². The highest BCUT2D eigenvalue weighted by Gasteiger charge is 2.34. The molecule has 4 rings (SSSR count). The number of ether oxygens (including phenoxy) is 1. The number of hydrogen-bond donors (Lipinski definition) is 4. The van der Waals surface area contributed by atoms with Crippen LogP contribution in [0, 0.1) is 16.7 Å². The van der Waals surface area contributed by atoms with Crippen molar-refractivity contribution in [2.45, 2.75) is 70.1 Å². The van der Waals surface area contributed by atoms with E-state index in [2.05, 4.69) is 26.4 Å². The van der Waals surface area contributed by atoms with E-state index >= 15 is 0 Å². The number of halogens is 1. The number of nitrogens with zero attached hydrogens (tertiary/aromatic N) is 1. The van der Waals surface area contributed by atoms with Gasteiger partial charge in [-0.25, -0.2) is 0 Å². The average molecular weight is 598 g/mol. The molecule has 2 aromatic rings. The summed E-state index contributed by atoms with van der Waals surface area (Å²) in [7, 11) is 0. The van der Waals surface area contributed by atoms with Crippen molar-refractivity contribution in [3.05, 3.63) is 69.6 Å². The summed E-state index contributed by atoms with van der Waals surface area (Å²) in [6, 6.07) is 11.6. The Hall–Kier alpha value is -3.50. The molecule has 0 radical (unpaired) electrons. The topological polar surface area (TPSA) is 138 Å². The van der Waals surface area contributed by atoms with Crippen molar-refractivity contribution in [1.29, 1.82) is 0 Å². The summed E-state index contributed by atoms with van der Waals surface area (Å²) in [5.41, 5.74) is 1.65. The lowest BCUT2D eigenvalue weighted by Gasteiger charge is -2.28. The smallest absolute Gasteiger partial charge is 0.243 e. The van der Waals surface area contributed by atoms with Crippen LogP contribution in [-0.4, -0.2) is 61.6 Å². The number of para-hydroxylation sites is 1. The predicted molar refractivity (Wildman–Crippen MR) is 161 cm³/mol. The normalized spacial score (nSPS) is 24.7. The quantitative estimate of drug-likeness (QED) is 0.378. The van der Waals surface area contributed by atoms with Gasteiger partial charge in [-0.2, -0.15) is 4.91 Å². The van der Waals surface area contributed by atoms with E-state index in [0.717, 1.165) is 24.0 Å². The van der Waals surface area contributed by atoms with Crippen molar-refractivity contribution < 1.29 is 19.1 Å². The van der Waals surface area contributed by atoms with Crippen LogP contribution in [0.5, 0.6) is 5.75 Å². The van der Waals surface area contributed by atoms with Crippen LogP contribution in [-0.2, 0) is 27.2 Å². The highest BCUT2D eigenvalue weighted by molar-refractivity contribution is 6.30. The highest BCUT2D eigenvalue weighted by Crippen LogP contribution is 2.33. The Morgan fingerprint density at radius 3 is 2.48 bits per heavy atom. The zero-order valence-corrected chi connectivity index (χ0v) is 24.9. The number of amides is 3. The first-order valence-corrected chi connectivity index (χ1v) is 15.0. The molecule has 10 nitrogen and oxygen atoms in total. The van der Waals surface area contributed by atoms with Gasteiger partial charge in [0, 0.05) is 24.5 Å². The van der Waals surface area contributed by atoms with Crippen LogP contribution in [0.1, 0.15) is 44.2 Å². The summed E-state index contributed by atoms with van der Waals surface area (Å²) in [5, 5.41) is 15.7. The number of carbonyl (C=O) groups excluding carboxylic acids is 3. The second-order valence-electron chi connectivity index (χ2n) is 11.5. The van der Waals surface area contributed by atoms with Gasteiger partial charge in [-0.3, -0.25) is 14.4 Å². The fraction of sp³-hybridized carbons (Fsp3) is 0.516. The number of rotatable bonds is 6. The van der Waals surface area contributed by atoms with Crippen molar-refractivity contribution in [2.75, 3.05) is 19.7 Å². The van der Waals surface area contributed by atoms with E-state index in [1.807, 2.05) is 50.2 Å². The summed E-state index contributed by atoms with van der Waals surface area (Å²) in [4.78, 5) is 52.1. The third-order valence-electron chi connectivity index (χ3n) is 7.63. The van der Waals surface area contributed by atoms with Crippen molar-refractivity contribution in [2.24, 2.45) is 17.0 Å². The number of fused-ring (bicyclic) bond motifs is 1. The van der Waals surface area contributed by atoms with Gasteiger partial charge in [-0.15, -0.1) is 0 Å². The van der Waals surface area contributed by atoms with E-state index in [9.17, 15) is 19.3 Å². The van der Waals surface area contributed by atoms with Crippen molar-refractivity contribution in [1.82, 2.24) is 21.3 Å². The number of benzene rings is 2. The van der Waals surface area contributed by atoms with Crippen LogP contribution in [0.3, 0.4) is 0 Å². The van der Waals surface area contributed by atoms with Gasteiger partial charge in [-0.05, 0) is 54.0 Å². The van der Waals surface area contributed by atoms with Gasteiger partial charge in [0.05, 0.1) is 6.04 Å². The largest absolute Gasteiger partial charge is 0.492 e. The van der Waals surface area contributed by atoms with E-state index in [1.165, 1.54) is 0 Å². The molecule has 2 aliphatic rings. The van der Waals surface area contributed by atoms with Gasteiger partial charge in [0.2, 0.25) is 17.7 Å². The molecule has 1 saturated carbocycles. The molecule has 11 heteroatoms. The second kappa shape index (κ2) is 15.1. The molecule has 1 aliphatic heterocycles. The predicted octanol–water partition coefficient (Wildman–Crippen LogP) is 3.15. The van der Waals surface area contributed by atoms with Crippen molar-refractivity contribution >= 4 is 29.3 Å². The number of nitrogens with one attached hydrogen (secondary N) is 4. The van der Waals surface area contributed by atoms with Gasteiger partial charge >= 0.3 is 0 Å². The van der Waals surface area contributed by atoms with Gasteiger partial charge < -0.3 is 26.0 Å². The molecule has 1 aliphatic carbocycles. The fourth-order valence-corrected chi connectivity index (χ4v) is 5.29. The summed E-state index contributed by atoms with van der Waals surface area (Å²) in [6.45, 7) is 4.32. The molecule has 0 saturated heterocycles. The van der Waals surface area contributed by atoms with Crippen LogP contribution in [0.25, 0.3) is 0 Å². The van der Waals surface area contributed by atoms with Crippen LogP contribution in [0.15, 0.2) is 53.7 Å². The molecule has 1 heterocycles. The number of nitroso groups, excluding NO2 is 1. The first kappa shape index (κ1) is 31.4. The van der Waals surface area contributed by atoms with Crippen LogP contribution in [0.4, 0.5) is 0 Å². The van der Waals surface area contributed by atoms with E-state index in [1.54, 1.807) is 12.1 Å². The lowest BCUT2D eigenvalue weighted by atomic mass is 10.00. The van der Waals surface area contributed by atoms with E-state index in [4.69, 9.17) is 16.3 Å². The van der Waals surface area contributed by atoms with Crippen LogP contribution < -0.4 is 26.0 Å². The Morgan fingerprint density at radius 1 is 0.976 bits per heavy atom. The van der Waals surface area contributed by atoms with Gasteiger partial charge in [0.1, 0.15) is 30.5 Å². The average Bonchev–Trinajstić information content (AvgIpc) is 3.79. The maximum absolute atomic E-state index is 13.6. The van der Waals surface area contributed by atoms with Gasteiger partial charge in [-0.1, -0.05) is 73.8 Å². The molecule has 3 amide bonds. The minimum atomic E-state index is -0.859. The molecule has 0 unspecified atom stereocenters.